The van der Waals surface area contributed by atoms with E-state index in [0.29, 0.717) is 16.9 Å². The summed E-state index contributed by atoms with van der Waals surface area (Å²) in [7, 11) is 0. The number of anilines is 1. The van der Waals surface area contributed by atoms with Gasteiger partial charge < -0.3 is 5.73 Å². The van der Waals surface area contributed by atoms with Gasteiger partial charge in [0.25, 0.3) is 0 Å². The zero-order chi connectivity index (χ0) is 11.5. The molecular weight excluding hydrogens is 224 g/mol. The summed E-state index contributed by atoms with van der Waals surface area (Å²) in [4.78, 5) is 14.7. The van der Waals surface area contributed by atoms with Crippen LogP contribution in [0.1, 0.15) is 10.4 Å². The van der Waals surface area contributed by atoms with E-state index in [2.05, 4.69) is 4.98 Å². The number of pyridine rings is 1. The number of rotatable bonds is 2. The second-order valence-electron chi connectivity index (χ2n) is 3.30. The highest BCUT2D eigenvalue weighted by atomic mass is 35.5. The van der Waals surface area contributed by atoms with Crippen molar-refractivity contribution in [2.24, 2.45) is 0 Å². The third-order valence-corrected chi connectivity index (χ3v) is 2.59. The number of hydrogen-bond donors (Lipinski definition) is 1. The van der Waals surface area contributed by atoms with Gasteiger partial charge in [-0.25, -0.2) is 4.98 Å². The number of hydrogen-bond acceptors (Lipinski definition) is 3. The quantitative estimate of drug-likeness (QED) is 0.810. The zero-order valence-electron chi connectivity index (χ0n) is 8.35. The van der Waals surface area contributed by atoms with Crippen LogP contribution in [0.2, 0.25) is 5.02 Å². The lowest BCUT2D eigenvalue weighted by Gasteiger charge is -2.05. The summed E-state index contributed by atoms with van der Waals surface area (Å²) in [5.74, 6) is 0.228. The third kappa shape index (κ3) is 1.90. The van der Waals surface area contributed by atoms with Crippen LogP contribution in [0.25, 0.3) is 11.1 Å². The minimum atomic E-state index is 0.228. The van der Waals surface area contributed by atoms with Gasteiger partial charge in [0.1, 0.15) is 5.82 Å². The highest BCUT2D eigenvalue weighted by molar-refractivity contribution is 6.33. The van der Waals surface area contributed by atoms with Gasteiger partial charge in [-0.3, -0.25) is 4.79 Å². The van der Waals surface area contributed by atoms with E-state index in [9.17, 15) is 4.79 Å². The molecule has 3 nitrogen and oxygen atoms in total. The molecule has 1 aromatic heterocycles. The van der Waals surface area contributed by atoms with Crippen molar-refractivity contribution in [2.75, 3.05) is 5.73 Å². The lowest BCUT2D eigenvalue weighted by molar-refractivity contribution is 0.112. The Morgan fingerprint density at radius 3 is 2.75 bits per heavy atom. The van der Waals surface area contributed by atoms with Gasteiger partial charge in [0.2, 0.25) is 0 Å². The van der Waals surface area contributed by atoms with E-state index >= 15 is 0 Å². The van der Waals surface area contributed by atoms with Crippen molar-refractivity contribution in [1.29, 1.82) is 0 Å². The molecular formula is C12H9ClN2O. The number of aldehydes is 1. The summed E-state index contributed by atoms with van der Waals surface area (Å²) in [6.07, 6.45) is 2.28. The average molecular weight is 233 g/mol. The first-order valence-corrected chi connectivity index (χ1v) is 5.06. The normalized spacial score (nSPS) is 10.1. The molecule has 2 rings (SSSR count). The topological polar surface area (TPSA) is 56.0 Å². The monoisotopic (exact) mass is 232 g/mol. The minimum absolute atomic E-state index is 0.228. The fourth-order valence-corrected chi connectivity index (χ4v) is 1.67. The molecule has 0 aliphatic heterocycles. The van der Waals surface area contributed by atoms with Gasteiger partial charge in [0, 0.05) is 22.3 Å². The Kier molecular flexibility index (Phi) is 2.88. The van der Waals surface area contributed by atoms with Crippen LogP contribution < -0.4 is 5.73 Å². The molecule has 0 radical (unpaired) electrons. The highest BCUT2D eigenvalue weighted by Crippen LogP contribution is 2.28. The van der Waals surface area contributed by atoms with Crippen molar-refractivity contribution in [2.45, 2.75) is 0 Å². The van der Waals surface area contributed by atoms with Crippen molar-refractivity contribution >= 4 is 23.7 Å². The number of carbonyl (C=O) groups is 1. The standard InChI is InChI=1S/C12H9ClN2O/c13-11-4-2-1-3-10(11)8-5-9(7-16)12(14)15-6-8/h1-7H,(H2,14,15). The molecule has 0 fully saturated rings. The fourth-order valence-electron chi connectivity index (χ4n) is 1.43. The summed E-state index contributed by atoms with van der Waals surface area (Å²) in [6.45, 7) is 0. The number of aromatic nitrogens is 1. The molecule has 2 aromatic rings. The Morgan fingerprint density at radius 1 is 1.31 bits per heavy atom. The molecule has 0 amide bonds. The summed E-state index contributed by atoms with van der Waals surface area (Å²) < 4.78 is 0. The van der Waals surface area contributed by atoms with E-state index in [1.165, 1.54) is 0 Å². The second kappa shape index (κ2) is 4.33. The lowest BCUT2D eigenvalue weighted by atomic mass is 10.1. The van der Waals surface area contributed by atoms with Crippen LogP contribution in [0.4, 0.5) is 5.82 Å². The Labute approximate surface area is 97.9 Å². The fraction of sp³-hybridized carbons (Fsp3) is 0. The largest absolute Gasteiger partial charge is 0.383 e. The SMILES string of the molecule is Nc1ncc(-c2ccccc2Cl)cc1C=O. The predicted molar refractivity (Wildman–Crippen MR) is 64.5 cm³/mol. The second-order valence-corrected chi connectivity index (χ2v) is 3.70. The molecule has 1 heterocycles. The van der Waals surface area contributed by atoms with E-state index in [1.54, 1.807) is 18.3 Å². The summed E-state index contributed by atoms with van der Waals surface area (Å²) >= 11 is 6.05. The molecule has 2 N–H and O–H groups in total. The Balaban J connectivity index is 2.57. The number of carbonyl (C=O) groups excluding carboxylic acids is 1. The highest BCUT2D eigenvalue weighted by Gasteiger charge is 2.06. The van der Waals surface area contributed by atoms with Gasteiger partial charge in [-0.2, -0.15) is 0 Å². The van der Waals surface area contributed by atoms with Crippen molar-refractivity contribution in [3.05, 3.63) is 47.1 Å². The summed E-state index contributed by atoms with van der Waals surface area (Å²) in [6, 6.07) is 9.05. The number of nitrogens with two attached hydrogens (primary N) is 1. The zero-order valence-corrected chi connectivity index (χ0v) is 9.11. The van der Waals surface area contributed by atoms with E-state index < -0.39 is 0 Å². The Morgan fingerprint density at radius 2 is 2.06 bits per heavy atom. The van der Waals surface area contributed by atoms with Gasteiger partial charge >= 0.3 is 0 Å². The Hall–Kier alpha value is -1.87. The molecule has 0 unspecified atom stereocenters. The number of halogens is 1. The van der Waals surface area contributed by atoms with Gasteiger partial charge in [0.05, 0.1) is 5.56 Å². The molecule has 0 saturated heterocycles. The van der Waals surface area contributed by atoms with E-state index in [1.807, 2.05) is 18.2 Å². The van der Waals surface area contributed by atoms with E-state index in [-0.39, 0.29) is 5.82 Å². The smallest absolute Gasteiger partial charge is 0.153 e. The van der Waals surface area contributed by atoms with Gasteiger partial charge in [-0.05, 0) is 12.1 Å². The predicted octanol–water partition coefficient (Wildman–Crippen LogP) is 2.80. The summed E-state index contributed by atoms with van der Waals surface area (Å²) in [5, 5.41) is 0.617. The molecule has 0 bridgehead atoms. The molecule has 0 aliphatic carbocycles. The van der Waals surface area contributed by atoms with Gasteiger partial charge in [-0.1, -0.05) is 29.8 Å². The first kappa shape index (κ1) is 10.6. The Bertz CT molecular complexity index is 540. The van der Waals surface area contributed by atoms with Crippen molar-refractivity contribution in [1.82, 2.24) is 4.98 Å². The van der Waals surface area contributed by atoms with Crippen LogP contribution in [0, 0.1) is 0 Å². The van der Waals surface area contributed by atoms with Crippen LogP contribution in [-0.2, 0) is 0 Å². The maximum Gasteiger partial charge on any atom is 0.153 e. The first-order valence-electron chi connectivity index (χ1n) is 4.68. The molecule has 0 saturated carbocycles. The third-order valence-electron chi connectivity index (χ3n) is 2.26. The maximum atomic E-state index is 10.7. The van der Waals surface area contributed by atoms with Gasteiger partial charge in [-0.15, -0.1) is 0 Å². The van der Waals surface area contributed by atoms with Crippen LogP contribution in [0.15, 0.2) is 36.5 Å². The lowest BCUT2D eigenvalue weighted by Crippen LogP contribution is -1.97. The van der Waals surface area contributed by atoms with Crippen molar-refractivity contribution in [3.8, 4) is 11.1 Å². The molecule has 0 spiro atoms. The van der Waals surface area contributed by atoms with Crippen molar-refractivity contribution < 1.29 is 4.79 Å². The molecule has 0 atom stereocenters. The van der Waals surface area contributed by atoms with Crippen LogP contribution in [0.5, 0.6) is 0 Å². The van der Waals surface area contributed by atoms with Gasteiger partial charge in [0.15, 0.2) is 6.29 Å². The van der Waals surface area contributed by atoms with E-state index in [0.717, 1.165) is 11.1 Å². The number of benzene rings is 1. The molecule has 0 aliphatic rings. The molecule has 4 heteroatoms. The van der Waals surface area contributed by atoms with Crippen molar-refractivity contribution in [3.63, 3.8) is 0 Å². The van der Waals surface area contributed by atoms with E-state index in [4.69, 9.17) is 17.3 Å². The number of nitrogen functional groups attached to an aromatic ring is 1. The van der Waals surface area contributed by atoms with Crippen LogP contribution in [-0.4, -0.2) is 11.3 Å². The molecule has 1 aromatic carbocycles. The molecule has 80 valence electrons. The first-order chi connectivity index (χ1) is 7.72. The van der Waals surface area contributed by atoms with Crippen LogP contribution >= 0.6 is 11.6 Å². The maximum absolute atomic E-state index is 10.7. The number of nitrogens with zero attached hydrogens (tertiary/aromatic N) is 1. The molecule has 16 heavy (non-hydrogen) atoms. The average Bonchev–Trinajstić information content (AvgIpc) is 2.31. The summed E-state index contributed by atoms with van der Waals surface area (Å²) in [5.41, 5.74) is 7.53. The minimum Gasteiger partial charge on any atom is -0.383 e. The van der Waals surface area contributed by atoms with Crippen LogP contribution in [0.3, 0.4) is 0 Å².